The molecule has 0 bridgehead atoms. The monoisotopic (exact) mass is 493 g/mol. The Kier molecular flexibility index (Phi) is 8.77. The minimum Gasteiger partial charge on any atom is -0.444 e. The van der Waals surface area contributed by atoms with Gasteiger partial charge < -0.3 is 20.3 Å². The van der Waals surface area contributed by atoms with Crippen molar-refractivity contribution in [2.45, 2.75) is 84.7 Å². The first-order chi connectivity index (χ1) is 17.0. The molecule has 0 aromatic heterocycles. The molecule has 1 aliphatic carbocycles. The second-order valence-electron chi connectivity index (χ2n) is 10.9. The van der Waals surface area contributed by atoms with Crippen LogP contribution in [0.1, 0.15) is 70.2 Å². The third kappa shape index (κ3) is 7.57. The lowest BCUT2D eigenvalue weighted by atomic mass is 9.98. The van der Waals surface area contributed by atoms with Crippen molar-refractivity contribution in [2.75, 3.05) is 0 Å². The lowest BCUT2D eigenvalue weighted by Crippen LogP contribution is -2.55. The van der Waals surface area contributed by atoms with Crippen molar-refractivity contribution in [1.82, 2.24) is 15.5 Å². The van der Waals surface area contributed by atoms with Crippen LogP contribution in [-0.4, -0.2) is 40.5 Å². The highest BCUT2D eigenvalue weighted by Gasteiger charge is 2.44. The lowest BCUT2D eigenvalue weighted by molar-refractivity contribution is -0.144. The number of ether oxygens (including phenoxy) is 1. The quantitative estimate of drug-likeness (QED) is 0.521. The SMILES string of the molecule is Cc1ccc(C(C(=O)NCc2ccccc2)N(C(=O)C(NC(=O)OC(C)(C)C)C(C)C)C2CC2)cc1. The van der Waals surface area contributed by atoms with Gasteiger partial charge in [0.25, 0.3) is 0 Å². The first-order valence-electron chi connectivity index (χ1n) is 12.7. The van der Waals surface area contributed by atoms with Gasteiger partial charge in [0.15, 0.2) is 0 Å². The molecule has 0 spiro atoms. The highest BCUT2D eigenvalue weighted by molar-refractivity contribution is 5.92. The van der Waals surface area contributed by atoms with E-state index in [2.05, 4.69) is 10.6 Å². The van der Waals surface area contributed by atoms with Crippen LogP contribution in [0.4, 0.5) is 4.79 Å². The summed E-state index contributed by atoms with van der Waals surface area (Å²) in [6.07, 6.45) is 0.986. The van der Waals surface area contributed by atoms with Crippen LogP contribution < -0.4 is 10.6 Å². The molecule has 1 fully saturated rings. The Morgan fingerprint density at radius 2 is 1.61 bits per heavy atom. The molecule has 194 valence electrons. The van der Waals surface area contributed by atoms with Crippen molar-refractivity contribution in [2.24, 2.45) is 5.92 Å². The molecule has 3 rings (SSSR count). The summed E-state index contributed by atoms with van der Waals surface area (Å²) in [6, 6.07) is 15.7. The molecule has 7 heteroatoms. The summed E-state index contributed by atoms with van der Waals surface area (Å²) in [4.78, 5) is 41.9. The maximum atomic E-state index is 14.0. The topological polar surface area (TPSA) is 87.7 Å². The van der Waals surface area contributed by atoms with E-state index in [1.165, 1.54) is 0 Å². The maximum Gasteiger partial charge on any atom is 0.408 e. The number of nitrogens with one attached hydrogen (secondary N) is 2. The predicted molar refractivity (Wildman–Crippen MR) is 140 cm³/mol. The zero-order valence-corrected chi connectivity index (χ0v) is 22.2. The van der Waals surface area contributed by atoms with Gasteiger partial charge in [0.1, 0.15) is 17.7 Å². The lowest BCUT2D eigenvalue weighted by Gasteiger charge is -2.35. The van der Waals surface area contributed by atoms with E-state index in [1.54, 1.807) is 25.7 Å². The molecule has 1 saturated carbocycles. The molecule has 2 atom stereocenters. The number of rotatable bonds is 9. The fraction of sp³-hybridized carbons (Fsp3) is 0.483. The van der Waals surface area contributed by atoms with Crippen molar-refractivity contribution < 1.29 is 19.1 Å². The molecule has 1 aliphatic rings. The van der Waals surface area contributed by atoms with Crippen LogP contribution in [0, 0.1) is 12.8 Å². The molecule has 2 aromatic rings. The zero-order valence-electron chi connectivity index (χ0n) is 22.2. The summed E-state index contributed by atoms with van der Waals surface area (Å²) in [5.41, 5.74) is 2.10. The number of aryl methyl sites for hydroxylation is 1. The van der Waals surface area contributed by atoms with Crippen molar-refractivity contribution >= 4 is 17.9 Å². The maximum absolute atomic E-state index is 14.0. The molecule has 2 N–H and O–H groups in total. The number of hydrogen-bond donors (Lipinski definition) is 2. The number of nitrogens with zero attached hydrogens (tertiary/aromatic N) is 1. The van der Waals surface area contributed by atoms with E-state index < -0.39 is 23.8 Å². The summed E-state index contributed by atoms with van der Waals surface area (Å²) in [5.74, 6) is -0.723. The second kappa shape index (κ2) is 11.6. The third-order valence-corrected chi connectivity index (χ3v) is 6.03. The molecule has 0 saturated heterocycles. The van der Waals surface area contributed by atoms with Crippen molar-refractivity contribution in [3.8, 4) is 0 Å². The summed E-state index contributed by atoms with van der Waals surface area (Å²) in [5, 5.41) is 5.79. The largest absolute Gasteiger partial charge is 0.444 e. The normalized spacial score (nSPS) is 15.1. The Labute approximate surface area is 214 Å². The second-order valence-corrected chi connectivity index (χ2v) is 10.9. The molecule has 0 aliphatic heterocycles. The van der Waals surface area contributed by atoms with Crippen LogP contribution in [-0.2, 0) is 20.9 Å². The van der Waals surface area contributed by atoms with Gasteiger partial charge in [-0.15, -0.1) is 0 Å². The summed E-state index contributed by atoms with van der Waals surface area (Å²) < 4.78 is 5.42. The summed E-state index contributed by atoms with van der Waals surface area (Å²) in [7, 11) is 0. The first kappa shape index (κ1) is 27.2. The molecular weight excluding hydrogens is 454 g/mol. The van der Waals surface area contributed by atoms with Gasteiger partial charge in [-0.05, 0) is 57.6 Å². The van der Waals surface area contributed by atoms with Gasteiger partial charge in [-0.1, -0.05) is 74.0 Å². The smallest absolute Gasteiger partial charge is 0.408 e. The Morgan fingerprint density at radius 1 is 1.00 bits per heavy atom. The average molecular weight is 494 g/mol. The fourth-order valence-corrected chi connectivity index (χ4v) is 4.05. The molecular formula is C29H39N3O4. The Morgan fingerprint density at radius 3 is 2.14 bits per heavy atom. The van der Waals surface area contributed by atoms with Crippen LogP contribution >= 0.6 is 0 Å². The molecule has 2 unspecified atom stereocenters. The van der Waals surface area contributed by atoms with E-state index >= 15 is 0 Å². The van der Waals surface area contributed by atoms with E-state index in [4.69, 9.17) is 4.74 Å². The van der Waals surface area contributed by atoms with Gasteiger partial charge in [-0.2, -0.15) is 0 Å². The van der Waals surface area contributed by atoms with Crippen LogP contribution in [0.25, 0.3) is 0 Å². The molecule has 3 amide bonds. The number of carbonyl (C=O) groups is 3. The number of carbonyl (C=O) groups excluding carboxylic acids is 3. The van der Waals surface area contributed by atoms with Crippen molar-refractivity contribution in [3.05, 3.63) is 71.3 Å². The molecule has 0 radical (unpaired) electrons. The van der Waals surface area contributed by atoms with E-state index in [1.807, 2.05) is 75.4 Å². The highest BCUT2D eigenvalue weighted by atomic mass is 16.6. The summed E-state index contributed by atoms with van der Waals surface area (Å²) >= 11 is 0. The van der Waals surface area contributed by atoms with E-state index in [-0.39, 0.29) is 23.8 Å². The van der Waals surface area contributed by atoms with Crippen LogP contribution in [0.3, 0.4) is 0 Å². The van der Waals surface area contributed by atoms with Gasteiger partial charge in [-0.25, -0.2) is 4.79 Å². The Hall–Kier alpha value is -3.35. The van der Waals surface area contributed by atoms with Gasteiger partial charge in [0.05, 0.1) is 0 Å². The number of alkyl carbamates (subject to hydrolysis) is 1. The molecule has 7 nitrogen and oxygen atoms in total. The van der Waals surface area contributed by atoms with Crippen LogP contribution in [0.2, 0.25) is 0 Å². The minimum absolute atomic E-state index is 0.0621. The number of amides is 3. The Balaban J connectivity index is 1.91. The van der Waals surface area contributed by atoms with Gasteiger partial charge in [0, 0.05) is 12.6 Å². The van der Waals surface area contributed by atoms with Crippen molar-refractivity contribution in [3.63, 3.8) is 0 Å². The standard InChI is InChI=1S/C29H39N3O4/c1-19(2)24(31-28(35)36-29(4,5)6)27(34)32(23-16-17-23)25(22-14-12-20(3)13-15-22)26(33)30-18-21-10-8-7-9-11-21/h7-15,19,23-25H,16-18H2,1-6H3,(H,30,33)(H,31,35). The fourth-order valence-electron chi connectivity index (χ4n) is 4.05. The van der Waals surface area contributed by atoms with Crippen LogP contribution in [0.5, 0.6) is 0 Å². The minimum atomic E-state index is -0.824. The molecule has 36 heavy (non-hydrogen) atoms. The third-order valence-electron chi connectivity index (χ3n) is 6.03. The van der Waals surface area contributed by atoms with E-state index in [9.17, 15) is 14.4 Å². The first-order valence-corrected chi connectivity index (χ1v) is 12.7. The van der Waals surface area contributed by atoms with Gasteiger partial charge in [-0.3, -0.25) is 9.59 Å². The van der Waals surface area contributed by atoms with Gasteiger partial charge >= 0.3 is 6.09 Å². The number of benzene rings is 2. The highest BCUT2D eigenvalue weighted by Crippen LogP contribution is 2.36. The van der Waals surface area contributed by atoms with Gasteiger partial charge in [0.2, 0.25) is 11.8 Å². The predicted octanol–water partition coefficient (Wildman–Crippen LogP) is 4.89. The van der Waals surface area contributed by atoms with E-state index in [0.717, 1.165) is 29.5 Å². The number of hydrogen-bond acceptors (Lipinski definition) is 4. The average Bonchev–Trinajstić information content (AvgIpc) is 3.64. The Bertz CT molecular complexity index is 1040. The van der Waals surface area contributed by atoms with E-state index in [0.29, 0.717) is 6.54 Å². The molecule has 0 heterocycles. The summed E-state index contributed by atoms with van der Waals surface area (Å²) in [6.45, 7) is 11.4. The van der Waals surface area contributed by atoms with Crippen LogP contribution in [0.15, 0.2) is 54.6 Å². The molecule has 2 aromatic carbocycles. The zero-order chi connectivity index (χ0) is 26.5. The van der Waals surface area contributed by atoms with Crippen molar-refractivity contribution in [1.29, 1.82) is 0 Å².